The van der Waals surface area contributed by atoms with Crippen molar-refractivity contribution < 1.29 is 9.53 Å². The second-order valence-electron chi connectivity index (χ2n) is 8.01. The number of rotatable bonds is 7. The molecule has 6 heteroatoms. The van der Waals surface area contributed by atoms with Crippen molar-refractivity contribution in [1.82, 2.24) is 15.1 Å². The first kappa shape index (κ1) is 21.6. The van der Waals surface area contributed by atoms with E-state index < -0.39 is 0 Å². The van der Waals surface area contributed by atoms with Crippen LogP contribution in [0.1, 0.15) is 58.2 Å². The molecule has 0 saturated heterocycles. The van der Waals surface area contributed by atoms with Gasteiger partial charge in [-0.1, -0.05) is 60.5 Å². The lowest BCUT2D eigenvalue weighted by atomic mass is 10.1. The summed E-state index contributed by atoms with van der Waals surface area (Å²) in [6.45, 7) is 1.01. The lowest BCUT2D eigenvalue weighted by Crippen LogP contribution is -2.32. The molecule has 1 atom stereocenters. The molecule has 0 saturated carbocycles. The number of aromatic nitrogens is 2. The average molecular weight is 438 g/mol. The largest absolute Gasteiger partial charge is 0.382 e. The molecule has 0 fully saturated rings. The van der Waals surface area contributed by atoms with Crippen molar-refractivity contribution in [3.8, 4) is 0 Å². The van der Waals surface area contributed by atoms with E-state index in [-0.39, 0.29) is 11.9 Å². The van der Waals surface area contributed by atoms with Gasteiger partial charge in [-0.3, -0.25) is 9.48 Å². The molecule has 1 aliphatic rings. The first-order valence-electron chi connectivity index (χ1n) is 10.8. The molecule has 1 aliphatic carbocycles. The number of amides is 1. The van der Waals surface area contributed by atoms with Crippen molar-refractivity contribution in [3.63, 3.8) is 0 Å². The first-order chi connectivity index (χ1) is 15.2. The van der Waals surface area contributed by atoms with Crippen molar-refractivity contribution in [2.24, 2.45) is 0 Å². The summed E-state index contributed by atoms with van der Waals surface area (Å²) in [4.78, 5) is 13.3. The van der Waals surface area contributed by atoms with Gasteiger partial charge in [-0.25, -0.2) is 0 Å². The molecule has 1 aromatic heterocycles. The predicted molar refractivity (Wildman–Crippen MR) is 123 cm³/mol. The Balaban J connectivity index is 1.63. The van der Waals surface area contributed by atoms with Crippen molar-refractivity contribution >= 4 is 17.5 Å². The molecule has 1 heterocycles. The highest BCUT2D eigenvalue weighted by atomic mass is 35.5. The van der Waals surface area contributed by atoms with E-state index in [1.165, 1.54) is 12.1 Å². The van der Waals surface area contributed by atoms with Crippen LogP contribution in [0.4, 0.5) is 0 Å². The number of carbonyl (C=O) groups excluding carboxylic acids is 1. The number of carbonyl (C=O) groups is 1. The Morgan fingerprint density at radius 2 is 1.94 bits per heavy atom. The Kier molecular flexibility index (Phi) is 7.05. The smallest absolute Gasteiger partial charge is 0.272 e. The average Bonchev–Trinajstić information content (AvgIpc) is 2.95. The van der Waals surface area contributed by atoms with Gasteiger partial charge < -0.3 is 10.1 Å². The van der Waals surface area contributed by atoms with Gasteiger partial charge in [0.2, 0.25) is 0 Å². The Labute approximate surface area is 188 Å². The minimum Gasteiger partial charge on any atom is -0.382 e. The third-order valence-corrected chi connectivity index (χ3v) is 6.02. The van der Waals surface area contributed by atoms with Crippen molar-refractivity contribution in [2.45, 2.75) is 44.7 Å². The van der Waals surface area contributed by atoms with Gasteiger partial charge in [0.15, 0.2) is 5.69 Å². The second kappa shape index (κ2) is 10.1. The Bertz CT molecular complexity index is 1030. The summed E-state index contributed by atoms with van der Waals surface area (Å²) in [5.41, 5.74) is 4.89. The van der Waals surface area contributed by atoms with Crippen LogP contribution in [0.15, 0.2) is 54.6 Å². The summed E-state index contributed by atoms with van der Waals surface area (Å²) in [5, 5.41) is 8.64. The normalized spacial score (nSPS) is 14.5. The number of nitrogens with zero attached hydrogens (tertiary/aromatic N) is 2. The highest BCUT2D eigenvalue weighted by Gasteiger charge is 2.26. The Morgan fingerprint density at radius 3 is 2.71 bits per heavy atom. The van der Waals surface area contributed by atoms with E-state index in [0.717, 1.165) is 42.4 Å². The number of hydrogen-bond donors (Lipinski definition) is 1. The summed E-state index contributed by atoms with van der Waals surface area (Å²) in [6.07, 6.45) is 5.19. The molecule has 0 unspecified atom stereocenters. The van der Waals surface area contributed by atoms with Gasteiger partial charge in [0.1, 0.15) is 0 Å². The van der Waals surface area contributed by atoms with E-state index in [2.05, 4.69) is 5.32 Å². The highest BCUT2D eigenvalue weighted by Crippen LogP contribution is 2.26. The number of methoxy groups -OCH3 is 1. The zero-order valence-corrected chi connectivity index (χ0v) is 18.6. The molecule has 162 valence electrons. The Morgan fingerprint density at radius 1 is 1.13 bits per heavy atom. The van der Waals surface area contributed by atoms with E-state index in [1.807, 2.05) is 59.3 Å². The van der Waals surface area contributed by atoms with E-state index >= 15 is 0 Å². The monoisotopic (exact) mass is 437 g/mol. The van der Waals surface area contributed by atoms with Crippen LogP contribution in [0, 0.1) is 0 Å². The van der Waals surface area contributed by atoms with Crippen LogP contribution in [-0.4, -0.2) is 29.4 Å². The Hall–Kier alpha value is -2.63. The van der Waals surface area contributed by atoms with Gasteiger partial charge in [-0.2, -0.15) is 5.10 Å². The minimum atomic E-state index is -0.224. The lowest BCUT2D eigenvalue weighted by molar-refractivity contribution is 0.0889. The maximum Gasteiger partial charge on any atom is 0.272 e. The van der Waals surface area contributed by atoms with Gasteiger partial charge in [0.05, 0.1) is 19.2 Å². The summed E-state index contributed by atoms with van der Waals surface area (Å²) in [5.74, 6) is -0.145. The fourth-order valence-corrected chi connectivity index (χ4v) is 4.48. The number of nitrogens with one attached hydrogen (secondary N) is 1. The molecule has 0 bridgehead atoms. The highest BCUT2D eigenvalue weighted by molar-refractivity contribution is 6.30. The maximum absolute atomic E-state index is 13.3. The summed E-state index contributed by atoms with van der Waals surface area (Å²) < 4.78 is 7.37. The van der Waals surface area contributed by atoms with Gasteiger partial charge in [0.25, 0.3) is 5.91 Å². The quantitative estimate of drug-likeness (QED) is 0.531. The van der Waals surface area contributed by atoms with Gasteiger partial charge >= 0.3 is 0 Å². The van der Waals surface area contributed by atoms with Crippen LogP contribution >= 0.6 is 11.6 Å². The van der Waals surface area contributed by atoms with Gasteiger partial charge in [-0.05, 0) is 48.9 Å². The molecule has 3 aromatic rings. The first-order valence-corrected chi connectivity index (χ1v) is 11.2. The predicted octanol–water partition coefficient (Wildman–Crippen LogP) is 4.97. The molecular weight excluding hydrogens is 410 g/mol. The minimum absolute atomic E-state index is 0.145. The summed E-state index contributed by atoms with van der Waals surface area (Å²) in [7, 11) is 1.65. The summed E-state index contributed by atoms with van der Waals surface area (Å²) in [6, 6.07) is 17.5. The third-order valence-electron chi connectivity index (χ3n) is 5.78. The third kappa shape index (κ3) is 5.17. The standard InChI is InChI=1S/C25H28ClN3O2/c1-31-17-22(19-10-4-2-5-11-19)27-25(30)24-21-13-6-3-7-14-23(21)29(28-24)16-18-9-8-12-20(26)15-18/h2,4-5,8-12,15,22H,3,6-7,13-14,16-17H2,1H3,(H,27,30)/t22-/m0/s1. The van der Waals surface area contributed by atoms with Crippen molar-refractivity contribution in [1.29, 1.82) is 0 Å². The molecule has 0 radical (unpaired) electrons. The fraction of sp³-hybridized carbons (Fsp3) is 0.360. The molecule has 1 N–H and O–H groups in total. The number of halogens is 1. The molecule has 31 heavy (non-hydrogen) atoms. The maximum atomic E-state index is 13.3. The lowest BCUT2D eigenvalue weighted by Gasteiger charge is -2.18. The SMILES string of the molecule is COC[C@H](NC(=O)c1nn(Cc2cccc(Cl)c2)c2c1CCCCC2)c1ccccc1. The van der Waals surface area contributed by atoms with E-state index in [9.17, 15) is 4.79 Å². The van der Waals surface area contributed by atoms with E-state index in [1.54, 1.807) is 7.11 Å². The van der Waals surface area contributed by atoms with E-state index in [0.29, 0.717) is 23.9 Å². The van der Waals surface area contributed by atoms with Crippen LogP contribution in [0.25, 0.3) is 0 Å². The van der Waals surface area contributed by atoms with Gasteiger partial charge in [-0.15, -0.1) is 0 Å². The topological polar surface area (TPSA) is 56.1 Å². The van der Waals surface area contributed by atoms with E-state index in [4.69, 9.17) is 21.4 Å². The molecule has 1 amide bonds. The fourth-order valence-electron chi connectivity index (χ4n) is 4.27. The molecule has 4 rings (SSSR count). The number of ether oxygens (including phenoxy) is 1. The molecule has 2 aromatic carbocycles. The molecule has 0 spiro atoms. The summed E-state index contributed by atoms with van der Waals surface area (Å²) >= 11 is 6.18. The molecule has 0 aliphatic heterocycles. The number of hydrogen-bond acceptors (Lipinski definition) is 3. The van der Waals surface area contributed by atoms with Crippen LogP contribution < -0.4 is 5.32 Å². The van der Waals surface area contributed by atoms with Gasteiger partial charge in [0, 0.05) is 23.4 Å². The number of benzene rings is 2. The molecular formula is C25H28ClN3O2. The van der Waals surface area contributed by atoms with Crippen LogP contribution in [0.3, 0.4) is 0 Å². The zero-order chi connectivity index (χ0) is 21.6. The zero-order valence-electron chi connectivity index (χ0n) is 17.8. The number of fused-ring (bicyclic) bond motifs is 1. The molecule has 5 nitrogen and oxygen atoms in total. The van der Waals surface area contributed by atoms with Crippen molar-refractivity contribution in [3.05, 3.63) is 87.7 Å². The van der Waals surface area contributed by atoms with Crippen LogP contribution in [0.2, 0.25) is 5.02 Å². The van der Waals surface area contributed by atoms with Crippen LogP contribution in [-0.2, 0) is 24.1 Å². The van der Waals surface area contributed by atoms with Crippen LogP contribution in [0.5, 0.6) is 0 Å². The second-order valence-corrected chi connectivity index (χ2v) is 8.45. The van der Waals surface area contributed by atoms with Crippen molar-refractivity contribution in [2.75, 3.05) is 13.7 Å².